The molecule has 1 aromatic heterocycles. The zero-order valence-corrected chi connectivity index (χ0v) is 10.2. The number of halogens is 2. The van der Waals surface area contributed by atoms with Crippen LogP contribution >= 0.6 is 0 Å². The van der Waals surface area contributed by atoms with E-state index in [9.17, 15) is 8.78 Å². The molecule has 4 nitrogen and oxygen atoms in total. The molecule has 0 aliphatic carbocycles. The molecule has 18 heavy (non-hydrogen) atoms. The second kappa shape index (κ2) is 5.12. The third-order valence-electron chi connectivity index (χ3n) is 2.50. The molecule has 1 N–H and O–H groups in total. The molecule has 6 heteroatoms. The van der Waals surface area contributed by atoms with Crippen LogP contribution in [0.25, 0.3) is 0 Å². The van der Waals surface area contributed by atoms with Gasteiger partial charge in [-0.05, 0) is 32.0 Å². The minimum Gasteiger partial charge on any atom is -0.375 e. The molecule has 0 aliphatic rings. The third-order valence-corrected chi connectivity index (χ3v) is 2.50. The van der Waals surface area contributed by atoms with Gasteiger partial charge in [0.2, 0.25) is 0 Å². The Morgan fingerprint density at radius 3 is 2.83 bits per heavy atom. The fourth-order valence-corrected chi connectivity index (χ4v) is 1.64. The van der Waals surface area contributed by atoms with Crippen molar-refractivity contribution in [2.45, 2.75) is 26.4 Å². The first-order valence-corrected chi connectivity index (χ1v) is 5.65. The summed E-state index contributed by atoms with van der Waals surface area (Å²) >= 11 is 0. The lowest BCUT2D eigenvalue weighted by Gasteiger charge is -2.11. The van der Waals surface area contributed by atoms with Gasteiger partial charge in [0.25, 0.3) is 0 Å². The Morgan fingerprint density at radius 1 is 1.33 bits per heavy atom. The van der Waals surface area contributed by atoms with E-state index in [0.717, 1.165) is 18.2 Å². The summed E-state index contributed by atoms with van der Waals surface area (Å²) in [5.74, 6) is -0.301. The lowest BCUT2D eigenvalue weighted by molar-refractivity contribution is 0.508. The topological polar surface area (TPSA) is 42.7 Å². The summed E-state index contributed by atoms with van der Waals surface area (Å²) in [7, 11) is 0. The summed E-state index contributed by atoms with van der Waals surface area (Å²) in [6, 6.07) is 3.45. The molecular formula is C12H14F2N4. The van der Waals surface area contributed by atoms with Crippen LogP contribution in [-0.2, 0) is 6.54 Å². The molecule has 2 aromatic rings. The van der Waals surface area contributed by atoms with E-state index in [1.807, 2.05) is 13.8 Å². The highest BCUT2D eigenvalue weighted by Gasteiger charge is 2.09. The summed E-state index contributed by atoms with van der Waals surface area (Å²) in [4.78, 5) is 4.08. The summed E-state index contributed by atoms with van der Waals surface area (Å²) in [5, 5.41) is 6.88. The van der Waals surface area contributed by atoms with E-state index in [0.29, 0.717) is 12.4 Å². The van der Waals surface area contributed by atoms with Gasteiger partial charge >= 0.3 is 0 Å². The second-order valence-electron chi connectivity index (χ2n) is 4.19. The Bertz CT molecular complexity index is 537. The van der Waals surface area contributed by atoms with Gasteiger partial charge in [-0.3, -0.25) is 0 Å². The Morgan fingerprint density at radius 2 is 2.11 bits per heavy atom. The monoisotopic (exact) mass is 252 g/mol. The highest BCUT2D eigenvalue weighted by atomic mass is 19.1. The molecule has 0 bridgehead atoms. The average Bonchev–Trinajstić information content (AvgIpc) is 2.79. The smallest absolute Gasteiger partial charge is 0.146 e. The van der Waals surface area contributed by atoms with Crippen molar-refractivity contribution in [1.29, 1.82) is 0 Å². The summed E-state index contributed by atoms with van der Waals surface area (Å²) in [5.41, 5.74) is 0.119. The first kappa shape index (κ1) is 12.5. The number of nitrogens with zero attached hydrogens (tertiary/aromatic N) is 3. The van der Waals surface area contributed by atoms with Crippen molar-refractivity contribution < 1.29 is 8.78 Å². The first-order chi connectivity index (χ1) is 8.58. The maximum atomic E-state index is 13.4. The number of aromatic nitrogens is 3. The van der Waals surface area contributed by atoms with Gasteiger partial charge in [-0.2, -0.15) is 5.10 Å². The van der Waals surface area contributed by atoms with Crippen molar-refractivity contribution in [2.75, 3.05) is 5.32 Å². The van der Waals surface area contributed by atoms with Crippen molar-refractivity contribution in [2.24, 2.45) is 0 Å². The van der Waals surface area contributed by atoms with Crippen LogP contribution in [0.1, 0.15) is 25.7 Å². The van der Waals surface area contributed by atoms with Crippen LogP contribution in [-0.4, -0.2) is 14.8 Å². The van der Waals surface area contributed by atoms with Gasteiger partial charge in [-0.15, -0.1) is 0 Å². The predicted molar refractivity (Wildman–Crippen MR) is 64.1 cm³/mol. The van der Waals surface area contributed by atoms with Crippen LogP contribution in [0.3, 0.4) is 0 Å². The maximum Gasteiger partial charge on any atom is 0.146 e. The Balaban J connectivity index is 2.11. The molecule has 0 unspecified atom stereocenters. The standard InChI is InChI=1S/C12H14F2N4/c1-8(2)18-12(16-7-17-18)6-15-11-5-9(13)3-4-10(11)14/h3-5,7-8,15H,6H2,1-2H3. The number of rotatable bonds is 4. The number of anilines is 1. The van der Waals surface area contributed by atoms with E-state index in [-0.39, 0.29) is 11.7 Å². The third kappa shape index (κ3) is 2.64. The van der Waals surface area contributed by atoms with E-state index in [4.69, 9.17) is 0 Å². The van der Waals surface area contributed by atoms with Gasteiger partial charge < -0.3 is 5.32 Å². The Labute approximate surface area is 104 Å². The SMILES string of the molecule is CC(C)n1ncnc1CNc1cc(F)ccc1F. The minimum atomic E-state index is -0.494. The van der Waals surface area contributed by atoms with Crippen LogP contribution in [0.15, 0.2) is 24.5 Å². The van der Waals surface area contributed by atoms with E-state index in [2.05, 4.69) is 15.4 Å². The molecule has 0 fully saturated rings. The lowest BCUT2D eigenvalue weighted by Crippen LogP contribution is -2.12. The highest BCUT2D eigenvalue weighted by molar-refractivity contribution is 5.44. The zero-order valence-electron chi connectivity index (χ0n) is 10.2. The summed E-state index contributed by atoms with van der Waals surface area (Å²) in [6.45, 7) is 4.24. The van der Waals surface area contributed by atoms with Crippen LogP contribution in [0, 0.1) is 11.6 Å². The van der Waals surface area contributed by atoms with E-state index in [1.165, 1.54) is 6.33 Å². The zero-order chi connectivity index (χ0) is 13.1. The summed E-state index contributed by atoms with van der Waals surface area (Å²) < 4.78 is 28.1. The Hall–Kier alpha value is -1.98. The van der Waals surface area contributed by atoms with Gasteiger partial charge in [-0.1, -0.05) is 0 Å². The molecule has 0 saturated carbocycles. The molecule has 0 saturated heterocycles. The molecular weight excluding hydrogens is 238 g/mol. The number of hydrogen-bond donors (Lipinski definition) is 1. The predicted octanol–water partition coefficient (Wildman–Crippen LogP) is 2.75. The molecule has 0 atom stereocenters. The lowest BCUT2D eigenvalue weighted by atomic mass is 10.3. The fourth-order valence-electron chi connectivity index (χ4n) is 1.64. The first-order valence-electron chi connectivity index (χ1n) is 5.65. The second-order valence-corrected chi connectivity index (χ2v) is 4.19. The molecule has 1 heterocycles. The number of nitrogens with one attached hydrogen (secondary N) is 1. The fraction of sp³-hybridized carbons (Fsp3) is 0.333. The molecule has 2 rings (SSSR count). The van der Waals surface area contributed by atoms with Crippen molar-refractivity contribution in [1.82, 2.24) is 14.8 Å². The van der Waals surface area contributed by atoms with Crippen molar-refractivity contribution in [3.05, 3.63) is 42.0 Å². The van der Waals surface area contributed by atoms with E-state index < -0.39 is 11.6 Å². The molecule has 0 spiro atoms. The molecule has 0 aliphatic heterocycles. The number of hydrogen-bond acceptors (Lipinski definition) is 3. The molecule has 0 radical (unpaired) electrons. The summed E-state index contributed by atoms with van der Waals surface area (Å²) in [6.07, 6.45) is 1.44. The van der Waals surface area contributed by atoms with Gasteiger partial charge in [0.05, 0.1) is 12.2 Å². The van der Waals surface area contributed by atoms with Gasteiger partial charge in [-0.25, -0.2) is 18.4 Å². The Kier molecular flexibility index (Phi) is 3.55. The van der Waals surface area contributed by atoms with Gasteiger partial charge in [0.15, 0.2) is 0 Å². The van der Waals surface area contributed by atoms with Crippen molar-refractivity contribution in [3.63, 3.8) is 0 Å². The van der Waals surface area contributed by atoms with Crippen LogP contribution in [0.4, 0.5) is 14.5 Å². The molecule has 1 aromatic carbocycles. The average molecular weight is 252 g/mol. The van der Waals surface area contributed by atoms with Crippen molar-refractivity contribution >= 4 is 5.69 Å². The largest absolute Gasteiger partial charge is 0.375 e. The van der Waals surface area contributed by atoms with Crippen LogP contribution < -0.4 is 5.32 Å². The van der Waals surface area contributed by atoms with Crippen molar-refractivity contribution in [3.8, 4) is 0 Å². The van der Waals surface area contributed by atoms with E-state index >= 15 is 0 Å². The highest BCUT2D eigenvalue weighted by Crippen LogP contribution is 2.16. The quantitative estimate of drug-likeness (QED) is 0.909. The molecule has 96 valence electrons. The van der Waals surface area contributed by atoms with Crippen LogP contribution in [0.2, 0.25) is 0 Å². The minimum absolute atomic E-state index is 0.119. The maximum absolute atomic E-state index is 13.4. The van der Waals surface area contributed by atoms with Gasteiger partial charge in [0, 0.05) is 6.04 Å². The van der Waals surface area contributed by atoms with Gasteiger partial charge in [0.1, 0.15) is 23.8 Å². The normalized spacial score (nSPS) is 10.9. The van der Waals surface area contributed by atoms with E-state index in [1.54, 1.807) is 4.68 Å². The van der Waals surface area contributed by atoms with Crippen LogP contribution in [0.5, 0.6) is 0 Å². The number of benzene rings is 1. The molecule has 0 amide bonds.